The Labute approximate surface area is 118 Å². The quantitative estimate of drug-likeness (QED) is 0.841. The molecule has 0 radical (unpaired) electrons. The van der Waals surface area contributed by atoms with E-state index in [1.807, 2.05) is 6.07 Å². The lowest BCUT2D eigenvalue weighted by molar-refractivity contribution is 0.221. The molecule has 3 nitrogen and oxygen atoms in total. The van der Waals surface area contributed by atoms with Crippen LogP contribution in [0.3, 0.4) is 0 Å². The summed E-state index contributed by atoms with van der Waals surface area (Å²) in [4.78, 5) is 2.34. The summed E-state index contributed by atoms with van der Waals surface area (Å²) in [6.07, 6.45) is 0. The maximum atomic E-state index is 5.91. The van der Waals surface area contributed by atoms with Crippen molar-refractivity contribution in [1.29, 1.82) is 0 Å². The standard InChI is InChI=1S/C14H23BrN2O/c1-4-17(5-2)6-7-18-14-11(3)8-13(15)9-12(14)10-16/h8-9H,4-7,10,16H2,1-3H3. The van der Waals surface area contributed by atoms with Crippen LogP contribution in [0.2, 0.25) is 0 Å². The van der Waals surface area contributed by atoms with E-state index in [9.17, 15) is 0 Å². The first kappa shape index (κ1) is 15.5. The molecule has 0 bridgehead atoms. The average molecular weight is 315 g/mol. The molecule has 0 saturated heterocycles. The largest absolute Gasteiger partial charge is 0.492 e. The Bertz CT molecular complexity index is 378. The highest BCUT2D eigenvalue weighted by Crippen LogP contribution is 2.27. The molecule has 0 fully saturated rings. The van der Waals surface area contributed by atoms with Crippen LogP contribution in [0, 0.1) is 6.92 Å². The van der Waals surface area contributed by atoms with Gasteiger partial charge in [-0.15, -0.1) is 0 Å². The zero-order valence-corrected chi connectivity index (χ0v) is 13.1. The van der Waals surface area contributed by atoms with E-state index >= 15 is 0 Å². The van der Waals surface area contributed by atoms with Gasteiger partial charge in [0.2, 0.25) is 0 Å². The number of rotatable bonds is 7. The molecule has 0 aromatic heterocycles. The molecule has 0 spiro atoms. The van der Waals surface area contributed by atoms with Crippen LogP contribution in [-0.4, -0.2) is 31.1 Å². The number of nitrogens with two attached hydrogens (primary N) is 1. The molecule has 1 rings (SSSR count). The van der Waals surface area contributed by atoms with Crippen LogP contribution in [0.1, 0.15) is 25.0 Å². The number of benzene rings is 1. The lowest BCUT2D eigenvalue weighted by Gasteiger charge is -2.20. The van der Waals surface area contributed by atoms with Gasteiger partial charge in [-0.25, -0.2) is 0 Å². The fourth-order valence-electron chi connectivity index (χ4n) is 1.97. The highest BCUT2D eigenvalue weighted by molar-refractivity contribution is 9.10. The van der Waals surface area contributed by atoms with E-state index in [0.29, 0.717) is 13.2 Å². The fraction of sp³-hybridized carbons (Fsp3) is 0.571. The topological polar surface area (TPSA) is 38.5 Å². The zero-order valence-electron chi connectivity index (χ0n) is 11.5. The third kappa shape index (κ3) is 4.26. The normalized spacial score (nSPS) is 11.0. The predicted molar refractivity (Wildman–Crippen MR) is 80.1 cm³/mol. The summed E-state index contributed by atoms with van der Waals surface area (Å²) in [6, 6.07) is 4.09. The third-order valence-electron chi connectivity index (χ3n) is 3.08. The van der Waals surface area contributed by atoms with Crippen LogP contribution < -0.4 is 10.5 Å². The monoisotopic (exact) mass is 314 g/mol. The minimum atomic E-state index is 0.501. The molecule has 0 aliphatic heterocycles. The number of nitrogens with zero attached hydrogens (tertiary/aromatic N) is 1. The second-order valence-electron chi connectivity index (χ2n) is 4.29. The molecule has 102 valence electrons. The van der Waals surface area contributed by atoms with Gasteiger partial charge in [0.25, 0.3) is 0 Å². The first-order valence-electron chi connectivity index (χ1n) is 6.46. The number of hydrogen-bond acceptors (Lipinski definition) is 3. The van der Waals surface area contributed by atoms with Gasteiger partial charge in [-0.3, -0.25) is 0 Å². The Hall–Kier alpha value is -0.580. The molecule has 0 amide bonds. The molecule has 0 aliphatic carbocycles. The average Bonchev–Trinajstić information content (AvgIpc) is 2.36. The van der Waals surface area contributed by atoms with E-state index < -0.39 is 0 Å². The van der Waals surface area contributed by atoms with E-state index in [2.05, 4.69) is 47.7 Å². The summed E-state index contributed by atoms with van der Waals surface area (Å²) >= 11 is 3.48. The number of likely N-dealkylation sites (N-methyl/N-ethyl adjacent to an activating group) is 1. The lowest BCUT2D eigenvalue weighted by atomic mass is 10.1. The van der Waals surface area contributed by atoms with Gasteiger partial charge in [0, 0.05) is 23.1 Å². The lowest BCUT2D eigenvalue weighted by Crippen LogP contribution is -2.28. The van der Waals surface area contributed by atoms with Crippen molar-refractivity contribution >= 4 is 15.9 Å². The Morgan fingerprint density at radius 1 is 1.28 bits per heavy atom. The Morgan fingerprint density at radius 2 is 1.94 bits per heavy atom. The van der Waals surface area contributed by atoms with E-state index in [0.717, 1.165) is 41.0 Å². The highest BCUT2D eigenvalue weighted by Gasteiger charge is 2.08. The van der Waals surface area contributed by atoms with Gasteiger partial charge in [0.15, 0.2) is 0 Å². The van der Waals surface area contributed by atoms with Crippen molar-refractivity contribution < 1.29 is 4.74 Å². The van der Waals surface area contributed by atoms with Crippen molar-refractivity contribution in [1.82, 2.24) is 4.90 Å². The van der Waals surface area contributed by atoms with Crippen LogP contribution in [0.4, 0.5) is 0 Å². The maximum absolute atomic E-state index is 5.91. The number of aryl methyl sites for hydroxylation is 1. The summed E-state index contributed by atoms with van der Waals surface area (Å²) in [5, 5.41) is 0. The smallest absolute Gasteiger partial charge is 0.126 e. The molecule has 0 heterocycles. The summed E-state index contributed by atoms with van der Waals surface area (Å²) < 4.78 is 6.96. The minimum absolute atomic E-state index is 0.501. The number of hydrogen-bond donors (Lipinski definition) is 1. The van der Waals surface area contributed by atoms with Gasteiger partial charge in [-0.1, -0.05) is 29.8 Å². The van der Waals surface area contributed by atoms with Gasteiger partial charge < -0.3 is 15.4 Å². The van der Waals surface area contributed by atoms with Crippen LogP contribution in [-0.2, 0) is 6.54 Å². The molecule has 2 N–H and O–H groups in total. The second-order valence-corrected chi connectivity index (χ2v) is 5.21. The van der Waals surface area contributed by atoms with E-state index in [-0.39, 0.29) is 0 Å². The minimum Gasteiger partial charge on any atom is -0.492 e. The Kier molecular flexibility index (Phi) is 6.68. The van der Waals surface area contributed by atoms with E-state index in [1.54, 1.807) is 0 Å². The van der Waals surface area contributed by atoms with Crippen molar-refractivity contribution in [2.75, 3.05) is 26.2 Å². The van der Waals surface area contributed by atoms with Crippen molar-refractivity contribution in [2.24, 2.45) is 5.73 Å². The Morgan fingerprint density at radius 3 is 2.50 bits per heavy atom. The molecule has 0 saturated carbocycles. The molecule has 18 heavy (non-hydrogen) atoms. The van der Waals surface area contributed by atoms with Gasteiger partial charge in [-0.05, 0) is 37.7 Å². The Balaban J connectivity index is 2.66. The fourth-order valence-corrected chi connectivity index (χ4v) is 2.59. The van der Waals surface area contributed by atoms with Crippen molar-refractivity contribution in [3.63, 3.8) is 0 Å². The van der Waals surface area contributed by atoms with Crippen LogP contribution in [0.25, 0.3) is 0 Å². The SMILES string of the molecule is CCN(CC)CCOc1c(C)cc(Br)cc1CN. The van der Waals surface area contributed by atoms with Crippen molar-refractivity contribution in [2.45, 2.75) is 27.3 Å². The summed E-state index contributed by atoms with van der Waals surface area (Å²) in [5.41, 5.74) is 7.95. The summed E-state index contributed by atoms with van der Waals surface area (Å²) in [6.45, 7) is 10.7. The number of halogens is 1. The molecule has 1 aromatic carbocycles. The van der Waals surface area contributed by atoms with Gasteiger partial charge in [-0.2, -0.15) is 0 Å². The third-order valence-corrected chi connectivity index (χ3v) is 3.54. The van der Waals surface area contributed by atoms with Crippen molar-refractivity contribution in [3.05, 3.63) is 27.7 Å². The molecular formula is C14H23BrN2O. The van der Waals surface area contributed by atoms with Gasteiger partial charge >= 0.3 is 0 Å². The van der Waals surface area contributed by atoms with Gasteiger partial charge in [0.05, 0.1) is 0 Å². The van der Waals surface area contributed by atoms with Crippen LogP contribution in [0.15, 0.2) is 16.6 Å². The molecule has 0 aliphatic rings. The summed E-state index contributed by atoms with van der Waals surface area (Å²) in [5.74, 6) is 0.938. The van der Waals surface area contributed by atoms with Crippen LogP contribution >= 0.6 is 15.9 Å². The maximum Gasteiger partial charge on any atom is 0.126 e. The summed E-state index contributed by atoms with van der Waals surface area (Å²) in [7, 11) is 0. The highest BCUT2D eigenvalue weighted by atomic mass is 79.9. The molecule has 1 aromatic rings. The first-order chi connectivity index (χ1) is 8.62. The van der Waals surface area contributed by atoms with Gasteiger partial charge in [0.1, 0.15) is 12.4 Å². The van der Waals surface area contributed by atoms with Crippen molar-refractivity contribution in [3.8, 4) is 5.75 Å². The zero-order chi connectivity index (χ0) is 13.5. The molecular weight excluding hydrogens is 292 g/mol. The van der Waals surface area contributed by atoms with E-state index in [4.69, 9.17) is 10.5 Å². The molecule has 4 heteroatoms. The number of ether oxygens (including phenoxy) is 1. The van der Waals surface area contributed by atoms with E-state index in [1.165, 1.54) is 0 Å². The second kappa shape index (κ2) is 7.77. The molecule has 0 unspecified atom stereocenters. The first-order valence-corrected chi connectivity index (χ1v) is 7.25. The molecule has 0 atom stereocenters. The predicted octanol–water partition coefficient (Wildman–Crippen LogP) is 2.94. The van der Waals surface area contributed by atoms with Crippen LogP contribution in [0.5, 0.6) is 5.75 Å².